The minimum absolute atomic E-state index is 0.875. The molecule has 1 aliphatic heterocycles. The van der Waals surface area contributed by atoms with Crippen molar-refractivity contribution in [1.29, 1.82) is 0 Å². The van der Waals surface area contributed by atoms with Gasteiger partial charge in [0.25, 0.3) is 0 Å². The number of aromatic nitrogens is 2. The van der Waals surface area contributed by atoms with Gasteiger partial charge < -0.3 is 13.9 Å². The summed E-state index contributed by atoms with van der Waals surface area (Å²) in [4.78, 5) is 0. The van der Waals surface area contributed by atoms with Gasteiger partial charge in [0.05, 0.1) is 27.8 Å². The van der Waals surface area contributed by atoms with E-state index in [0.717, 1.165) is 28.3 Å². The summed E-state index contributed by atoms with van der Waals surface area (Å²) in [6, 6.07) is 57.1. The van der Waals surface area contributed by atoms with E-state index in [-0.39, 0.29) is 0 Å². The first-order chi connectivity index (χ1) is 23.3. The van der Waals surface area contributed by atoms with Crippen LogP contribution < -0.4 is 4.74 Å². The number of rotatable bonds is 2. The van der Waals surface area contributed by atoms with Crippen molar-refractivity contribution in [3.05, 3.63) is 158 Å². The van der Waals surface area contributed by atoms with Crippen LogP contribution in [-0.2, 0) is 0 Å². The zero-order valence-corrected chi connectivity index (χ0v) is 25.3. The highest BCUT2D eigenvalue weighted by molar-refractivity contribution is 6.13. The lowest BCUT2D eigenvalue weighted by molar-refractivity contribution is 0.476. The summed E-state index contributed by atoms with van der Waals surface area (Å²) >= 11 is 0. The molecule has 3 heterocycles. The maximum absolute atomic E-state index is 6.56. The molecule has 47 heavy (non-hydrogen) atoms. The predicted octanol–water partition coefficient (Wildman–Crippen LogP) is 12.0. The summed E-state index contributed by atoms with van der Waals surface area (Å²) in [6.07, 6.45) is 0. The van der Waals surface area contributed by atoms with Crippen LogP contribution in [0, 0.1) is 0 Å². The highest BCUT2D eigenvalue weighted by Crippen LogP contribution is 2.46. The average molecular weight is 599 g/mol. The van der Waals surface area contributed by atoms with Crippen molar-refractivity contribution < 1.29 is 4.74 Å². The molecule has 0 radical (unpaired) electrons. The first-order valence-electron chi connectivity index (χ1n) is 16.1. The summed E-state index contributed by atoms with van der Waals surface area (Å²) in [5.74, 6) is 1.77. The van der Waals surface area contributed by atoms with Crippen LogP contribution in [0.2, 0.25) is 0 Å². The van der Waals surface area contributed by atoms with Gasteiger partial charge in [-0.1, -0.05) is 103 Å². The van der Waals surface area contributed by atoms with E-state index in [1.165, 1.54) is 70.9 Å². The van der Waals surface area contributed by atoms with Crippen molar-refractivity contribution in [1.82, 2.24) is 9.13 Å². The number of hydrogen-bond donors (Lipinski definition) is 0. The van der Waals surface area contributed by atoms with Crippen molar-refractivity contribution >= 4 is 65.2 Å². The molecule has 0 saturated heterocycles. The molecule has 0 unspecified atom stereocenters. The molecule has 3 heteroatoms. The van der Waals surface area contributed by atoms with Crippen LogP contribution in [0.5, 0.6) is 11.5 Å². The zero-order valence-electron chi connectivity index (χ0n) is 25.3. The minimum atomic E-state index is 0.875. The van der Waals surface area contributed by atoms with Crippen LogP contribution in [0.15, 0.2) is 158 Å². The second-order valence-corrected chi connectivity index (χ2v) is 12.6. The summed E-state index contributed by atoms with van der Waals surface area (Å²) in [7, 11) is 0. The largest absolute Gasteiger partial charge is 0.453 e. The monoisotopic (exact) mass is 598 g/mol. The Bertz CT molecular complexity index is 2890. The van der Waals surface area contributed by atoms with E-state index in [2.05, 4.69) is 167 Å². The van der Waals surface area contributed by atoms with Crippen LogP contribution in [0.25, 0.3) is 87.7 Å². The van der Waals surface area contributed by atoms with E-state index in [1.54, 1.807) is 0 Å². The molecule has 8 aromatic carbocycles. The molecule has 2 aromatic heterocycles. The maximum atomic E-state index is 6.56. The highest BCUT2D eigenvalue weighted by atomic mass is 16.5. The van der Waals surface area contributed by atoms with Crippen molar-refractivity contribution in [2.45, 2.75) is 0 Å². The van der Waals surface area contributed by atoms with E-state index in [4.69, 9.17) is 4.74 Å². The number of ether oxygens (including phenoxy) is 1. The Labute approximate surface area is 270 Å². The Morgan fingerprint density at radius 2 is 0.936 bits per heavy atom. The Morgan fingerprint density at radius 3 is 1.68 bits per heavy atom. The number of fused-ring (bicyclic) bond motifs is 11. The molecule has 10 aromatic rings. The lowest BCUT2D eigenvalue weighted by Crippen LogP contribution is -2.04. The SMILES string of the molecule is c1ccc2c(c1)c1ccccc1n2-c1ccc2c(ccc3cc(-c4ccc5c(c4)Oc4cccc6c7ccccc7n-5c46)ccc32)c1. The second-order valence-electron chi connectivity index (χ2n) is 12.6. The van der Waals surface area contributed by atoms with Crippen LogP contribution in [0.4, 0.5) is 0 Å². The first-order valence-corrected chi connectivity index (χ1v) is 16.1. The van der Waals surface area contributed by atoms with Gasteiger partial charge in [0.1, 0.15) is 0 Å². The third kappa shape index (κ3) is 3.40. The Balaban J connectivity index is 1.02. The molecule has 11 rings (SSSR count). The van der Waals surface area contributed by atoms with Gasteiger partial charge in [-0.2, -0.15) is 0 Å². The molecule has 0 amide bonds. The molecule has 0 atom stereocenters. The fourth-order valence-electron chi connectivity index (χ4n) is 7.98. The fourth-order valence-corrected chi connectivity index (χ4v) is 7.98. The van der Waals surface area contributed by atoms with Gasteiger partial charge in [-0.15, -0.1) is 0 Å². The van der Waals surface area contributed by atoms with Gasteiger partial charge in [-0.3, -0.25) is 0 Å². The predicted molar refractivity (Wildman–Crippen MR) is 196 cm³/mol. The molecule has 1 aliphatic rings. The molecule has 0 N–H and O–H groups in total. The van der Waals surface area contributed by atoms with E-state index in [9.17, 15) is 0 Å². The van der Waals surface area contributed by atoms with E-state index in [1.807, 2.05) is 0 Å². The number of para-hydroxylation sites is 4. The molecule has 0 fully saturated rings. The molecular weight excluding hydrogens is 572 g/mol. The molecule has 0 saturated carbocycles. The van der Waals surface area contributed by atoms with Crippen molar-refractivity contribution in [3.8, 4) is 34.0 Å². The number of nitrogens with zero attached hydrogens (tertiary/aromatic N) is 2. The lowest BCUT2D eigenvalue weighted by Gasteiger charge is -2.21. The topological polar surface area (TPSA) is 19.1 Å². The van der Waals surface area contributed by atoms with Crippen LogP contribution in [0.1, 0.15) is 0 Å². The van der Waals surface area contributed by atoms with Gasteiger partial charge in [-0.25, -0.2) is 0 Å². The Morgan fingerprint density at radius 1 is 0.362 bits per heavy atom. The molecule has 218 valence electrons. The smallest absolute Gasteiger partial charge is 0.152 e. The number of hydrogen-bond acceptors (Lipinski definition) is 1. The van der Waals surface area contributed by atoms with E-state index < -0.39 is 0 Å². The average Bonchev–Trinajstić information content (AvgIpc) is 3.65. The molecule has 0 bridgehead atoms. The van der Waals surface area contributed by atoms with Gasteiger partial charge in [0, 0.05) is 27.2 Å². The summed E-state index contributed by atoms with van der Waals surface area (Å²) in [5.41, 5.74) is 9.35. The quantitative estimate of drug-likeness (QED) is 0.181. The molecule has 3 nitrogen and oxygen atoms in total. The van der Waals surface area contributed by atoms with Crippen molar-refractivity contribution in [3.63, 3.8) is 0 Å². The lowest BCUT2D eigenvalue weighted by atomic mass is 9.96. The van der Waals surface area contributed by atoms with Gasteiger partial charge >= 0.3 is 0 Å². The summed E-state index contributed by atoms with van der Waals surface area (Å²) < 4.78 is 11.3. The van der Waals surface area contributed by atoms with Crippen LogP contribution in [-0.4, -0.2) is 9.13 Å². The highest BCUT2D eigenvalue weighted by Gasteiger charge is 2.24. The standard InChI is InChI=1S/C44H26N2O/c1-4-12-38-34(8-1)35-9-2-5-13-39(35)45(38)31-20-22-33-30(25-31)17-16-29-24-27(18-21-32(29)33)28-19-23-41-43(26-28)47-42-15-7-11-37-36-10-3-6-14-40(36)46(41)44(37)42/h1-26H. The third-order valence-electron chi connectivity index (χ3n) is 10.1. The van der Waals surface area contributed by atoms with E-state index in [0.29, 0.717) is 0 Å². The molecule has 0 aliphatic carbocycles. The normalized spacial score (nSPS) is 12.4. The van der Waals surface area contributed by atoms with E-state index >= 15 is 0 Å². The second kappa shape index (κ2) is 9.12. The van der Waals surface area contributed by atoms with Crippen molar-refractivity contribution in [2.24, 2.45) is 0 Å². The molecule has 0 spiro atoms. The maximum Gasteiger partial charge on any atom is 0.152 e. The summed E-state index contributed by atoms with van der Waals surface area (Å²) in [6.45, 7) is 0. The van der Waals surface area contributed by atoms with Crippen LogP contribution in [0.3, 0.4) is 0 Å². The van der Waals surface area contributed by atoms with Gasteiger partial charge in [0.2, 0.25) is 0 Å². The first kappa shape index (κ1) is 24.9. The molecular formula is C44H26N2O. The van der Waals surface area contributed by atoms with Crippen LogP contribution >= 0.6 is 0 Å². The van der Waals surface area contributed by atoms with Gasteiger partial charge in [-0.05, 0) is 87.3 Å². The number of benzene rings is 8. The zero-order chi connectivity index (χ0) is 30.6. The summed E-state index contributed by atoms with van der Waals surface area (Å²) in [5, 5.41) is 9.99. The minimum Gasteiger partial charge on any atom is -0.453 e. The Kier molecular flexibility index (Phi) is 4.84. The van der Waals surface area contributed by atoms with Crippen molar-refractivity contribution in [2.75, 3.05) is 0 Å². The third-order valence-corrected chi connectivity index (χ3v) is 10.1. The van der Waals surface area contributed by atoms with Gasteiger partial charge in [0.15, 0.2) is 11.5 Å². The Hall–Kier alpha value is -6.32. The fraction of sp³-hybridized carbons (Fsp3) is 0.